The molecule has 3 aromatic rings. The van der Waals surface area contributed by atoms with E-state index >= 15 is 0 Å². The van der Waals surface area contributed by atoms with E-state index in [0.29, 0.717) is 22.0 Å². The molecule has 0 unspecified atom stereocenters. The molecule has 0 aliphatic heterocycles. The third-order valence-electron chi connectivity index (χ3n) is 3.41. The Kier molecular flexibility index (Phi) is 4.93. The summed E-state index contributed by atoms with van der Waals surface area (Å²) < 4.78 is 0. The number of carbonyl (C=O) groups excluding carboxylic acids is 1. The van der Waals surface area contributed by atoms with Gasteiger partial charge in [-0.3, -0.25) is 4.79 Å². The first kappa shape index (κ1) is 16.5. The number of anilines is 3. The molecule has 2 aromatic carbocycles. The number of nitrogens with zero attached hydrogens (tertiary/aromatic N) is 2. The Hall–Kier alpha value is -3.36. The van der Waals surface area contributed by atoms with Crippen molar-refractivity contribution in [1.82, 2.24) is 4.98 Å². The fourth-order valence-corrected chi connectivity index (χ4v) is 2.25. The normalized spacial score (nSPS) is 9.92. The number of halogens is 1. The standard InChI is InChI=1S/C19H13ClN4O/c20-15-5-3-14(4-6-15)19(25)24-18-10-9-17(12-22-18)23-16-7-1-13(11-21)2-8-16/h1-10,12,23H,(H,22,24,25). The van der Waals surface area contributed by atoms with Gasteiger partial charge in [-0.2, -0.15) is 5.26 Å². The van der Waals surface area contributed by atoms with Crippen LogP contribution in [0.25, 0.3) is 0 Å². The van der Waals surface area contributed by atoms with Crippen molar-refractivity contribution in [2.75, 3.05) is 10.6 Å². The second-order valence-corrected chi connectivity index (χ2v) is 5.64. The van der Waals surface area contributed by atoms with Crippen LogP contribution in [0.1, 0.15) is 15.9 Å². The van der Waals surface area contributed by atoms with Crippen LogP contribution in [0.5, 0.6) is 0 Å². The molecule has 6 heteroatoms. The molecule has 1 heterocycles. The van der Waals surface area contributed by atoms with Crippen LogP contribution in [0, 0.1) is 11.3 Å². The first-order valence-electron chi connectivity index (χ1n) is 7.44. The van der Waals surface area contributed by atoms with Crippen molar-refractivity contribution in [2.45, 2.75) is 0 Å². The number of nitrogens with one attached hydrogen (secondary N) is 2. The Morgan fingerprint density at radius 2 is 1.64 bits per heavy atom. The van der Waals surface area contributed by atoms with Gasteiger partial charge in [0.15, 0.2) is 0 Å². The highest BCUT2D eigenvalue weighted by Crippen LogP contribution is 2.18. The minimum absolute atomic E-state index is 0.253. The van der Waals surface area contributed by atoms with Gasteiger partial charge in [0.2, 0.25) is 0 Å². The van der Waals surface area contributed by atoms with Crippen molar-refractivity contribution in [3.63, 3.8) is 0 Å². The molecule has 5 nitrogen and oxygen atoms in total. The lowest BCUT2D eigenvalue weighted by Crippen LogP contribution is -2.12. The highest BCUT2D eigenvalue weighted by molar-refractivity contribution is 6.30. The number of hydrogen-bond donors (Lipinski definition) is 2. The molecule has 2 N–H and O–H groups in total. The van der Waals surface area contributed by atoms with E-state index in [1.54, 1.807) is 48.7 Å². The van der Waals surface area contributed by atoms with E-state index in [4.69, 9.17) is 16.9 Å². The molecule has 0 bridgehead atoms. The van der Waals surface area contributed by atoms with Crippen LogP contribution < -0.4 is 10.6 Å². The number of carbonyl (C=O) groups is 1. The average molecular weight is 349 g/mol. The number of nitriles is 1. The molecule has 0 atom stereocenters. The Bertz CT molecular complexity index is 914. The average Bonchev–Trinajstić information content (AvgIpc) is 2.64. The van der Waals surface area contributed by atoms with Gasteiger partial charge in [0.05, 0.1) is 23.5 Å². The maximum Gasteiger partial charge on any atom is 0.256 e. The predicted octanol–water partition coefficient (Wildman–Crippen LogP) is 4.60. The van der Waals surface area contributed by atoms with Crippen LogP contribution in [0.4, 0.5) is 17.2 Å². The molecule has 25 heavy (non-hydrogen) atoms. The Morgan fingerprint density at radius 1 is 0.960 bits per heavy atom. The first-order valence-corrected chi connectivity index (χ1v) is 7.82. The molecule has 3 rings (SSSR count). The van der Waals surface area contributed by atoms with Gasteiger partial charge >= 0.3 is 0 Å². The van der Waals surface area contributed by atoms with Crippen LogP contribution in [-0.2, 0) is 0 Å². The quantitative estimate of drug-likeness (QED) is 0.722. The van der Waals surface area contributed by atoms with Crippen LogP contribution in [0.15, 0.2) is 66.9 Å². The monoisotopic (exact) mass is 348 g/mol. The van der Waals surface area contributed by atoms with E-state index in [9.17, 15) is 4.79 Å². The summed E-state index contributed by atoms with van der Waals surface area (Å²) in [6.07, 6.45) is 1.62. The fraction of sp³-hybridized carbons (Fsp3) is 0. The number of hydrogen-bond acceptors (Lipinski definition) is 4. The zero-order valence-corrected chi connectivity index (χ0v) is 13.8. The second kappa shape index (κ2) is 7.47. The summed E-state index contributed by atoms with van der Waals surface area (Å²) in [5.41, 5.74) is 2.72. The van der Waals surface area contributed by atoms with Gasteiger partial charge in [0.25, 0.3) is 5.91 Å². The molecular weight excluding hydrogens is 336 g/mol. The summed E-state index contributed by atoms with van der Waals surface area (Å²) >= 11 is 5.81. The van der Waals surface area contributed by atoms with Crippen LogP contribution in [-0.4, -0.2) is 10.9 Å². The summed E-state index contributed by atoms with van der Waals surface area (Å²) in [7, 11) is 0. The third-order valence-corrected chi connectivity index (χ3v) is 3.67. The van der Waals surface area contributed by atoms with E-state index < -0.39 is 0 Å². The Balaban J connectivity index is 1.64. The Labute approximate surface area is 149 Å². The van der Waals surface area contributed by atoms with Crippen molar-refractivity contribution in [2.24, 2.45) is 0 Å². The molecule has 1 aromatic heterocycles. The summed E-state index contributed by atoms with van der Waals surface area (Å²) in [6.45, 7) is 0. The van der Waals surface area contributed by atoms with Gasteiger partial charge in [0.1, 0.15) is 5.82 Å². The summed E-state index contributed by atoms with van der Waals surface area (Å²) in [5, 5.41) is 15.3. The van der Waals surface area contributed by atoms with Crippen molar-refractivity contribution < 1.29 is 4.79 Å². The first-order chi connectivity index (χ1) is 12.1. The van der Waals surface area contributed by atoms with Crippen molar-refractivity contribution in [3.8, 4) is 6.07 Å². The number of amides is 1. The topological polar surface area (TPSA) is 77.8 Å². The van der Waals surface area contributed by atoms with Crippen LogP contribution >= 0.6 is 11.6 Å². The van der Waals surface area contributed by atoms with Crippen LogP contribution in [0.2, 0.25) is 5.02 Å². The van der Waals surface area contributed by atoms with Crippen molar-refractivity contribution >= 4 is 34.7 Å². The molecule has 122 valence electrons. The van der Waals surface area contributed by atoms with Crippen molar-refractivity contribution in [3.05, 3.63) is 83.0 Å². The zero-order chi connectivity index (χ0) is 17.6. The lowest BCUT2D eigenvalue weighted by atomic mass is 10.2. The minimum Gasteiger partial charge on any atom is -0.354 e. The maximum absolute atomic E-state index is 12.1. The van der Waals surface area contributed by atoms with Gasteiger partial charge in [-0.15, -0.1) is 0 Å². The largest absolute Gasteiger partial charge is 0.354 e. The highest BCUT2D eigenvalue weighted by Gasteiger charge is 2.06. The molecule has 0 aliphatic rings. The van der Waals surface area contributed by atoms with Gasteiger partial charge in [0, 0.05) is 16.3 Å². The zero-order valence-electron chi connectivity index (χ0n) is 13.0. The summed E-state index contributed by atoms with van der Waals surface area (Å²) in [4.78, 5) is 16.3. The lowest BCUT2D eigenvalue weighted by molar-refractivity contribution is 0.102. The maximum atomic E-state index is 12.1. The SMILES string of the molecule is N#Cc1ccc(Nc2ccc(NC(=O)c3ccc(Cl)cc3)nc2)cc1. The number of benzene rings is 2. The molecule has 0 fully saturated rings. The van der Waals surface area contributed by atoms with Crippen molar-refractivity contribution in [1.29, 1.82) is 5.26 Å². The van der Waals surface area contributed by atoms with Gasteiger partial charge in [-0.05, 0) is 60.7 Å². The molecule has 0 saturated carbocycles. The molecule has 1 amide bonds. The third kappa shape index (κ3) is 4.34. The Morgan fingerprint density at radius 3 is 2.24 bits per heavy atom. The smallest absolute Gasteiger partial charge is 0.256 e. The molecule has 0 radical (unpaired) electrons. The molecule has 0 aliphatic carbocycles. The summed E-state index contributed by atoms with van der Waals surface area (Å²) in [6, 6.07) is 19.3. The lowest BCUT2D eigenvalue weighted by Gasteiger charge is -2.08. The van der Waals surface area contributed by atoms with Gasteiger partial charge in [-0.1, -0.05) is 11.6 Å². The van der Waals surface area contributed by atoms with E-state index in [2.05, 4.69) is 21.7 Å². The van der Waals surface area contributed by atoms with E-state index in [1.807, 2.05) is 18.2 Å². The second-order valence-electron chi connectivity index (χ2n) is 5.21. The predicted molar refractivity (Wildman–Crippen MR) is 98.1 cm³/mol. The fourth-order valence-electron chi connectivity index (χ4n) is 2.13. The van der Waals surface area contributed by atoms with E-state index in [0.717, 1.165) is 11.4 Å². The van der Waals surface area contributed by atoms with Gasteiger partial charge in [-0.25, -0.2) is 4.98 Å². The molecule has 0 spiro atoms. The number of aromatic nitrogens is 1. The highest BCUT2D eigenvalue weighted by atomic mass is 35.5. The summed E-state index contributed by atoms with van der Waals surface area (Å²) in [5.74, 6) is 0.197. The van der Waals surface area contributed by atoms with E-state index in [1.165, 1.54) is 0 Å². The number of pyridine rings is 1. The number of rotatable bonds is 4. The molecule has 0 saturated heterocycles. The van der Waals surface area contributed by atoms with Gasteiger partial charge < -0.3 is 10.6 Å². The van der Waals surface area contributed by atoms with E-state index in [-0.39, 0.29) is 5.91 Å². The molecular formula is C19H13ClN4O. The minimum atomic E-state index is -0.253. The van der Waals surface area contributed by atoms with Crippen LogP contribution in [0.3, 0.4) is 0 Å².